The molecule has 1 fully saturated rings. The maximum Gasteiger partial charge on any atom is 0.0236 e. The quantitative estimate of drug-likeness (QED) is 0.756. The highest BCUT2D eigenvalue weighted by Gasteiger charge is 2.46. The fraction of sp³-hybridized carbons (Fsp3) is 0.429. The van der Waals surface area contributed by atoms with Crippen molar-refractivity contribution in [1.82, 2.24) is 4.90 Å². The first-order chi connectivity index (χ1) is 10.5. The molecule has 1 saturated carbocycles. The third-order valence-corrected chi connectivity index (χ3v) is 5.16. The summed E-state index contributed by atoms with van der Waals surface area (Å²) in [5.74, 6) is 0. The van der Waals surface area contributed by atoms with Crippen LogP contribution in [-0.2, 0) is 12.0 Å². The fourth-order valence-corrected chi connectivity index (χ4v) is 3.32. The molecular formula is C21H27N. The molecule has 0 atom stereocenters. The molecule has 2 aromatic rings. The molecule has 3 rings (SSSR count). The van der Waals surface area contributed by atoms with Crippen molar-refractivity contribution in [3.63, 3.8) is 0 Å². The summed E-state index contributed by atoms with van der Waals surface area (Å²) < 4.78 is 0. The van der Waals surface area contributed by atoms with Crippen LogP contribution in [0.4, 0.5) is 0 Å². The average Bonchev–Trinajstić information content (AvgIpc) is 3.31. The van der Waals surface area contributed by atoms with Gasteiger partial charge >= 0.3 is 0 Å². The van der Waals surface area contributed by atoms with Crippen LogP contribution >= 0.6 is 0 Å². The van der Waals surface area contributed by atoms with Gasteiger partial charge in [-0.05, 0) is 57.4 Å². The zero-order chi connectivity index (χ0) is 15.7. The summed E-state index contributed by atoms with van der Waals surface area (Å²) in [4.78, 5) is 2.43. The predicted molar refractivity (Wildman–Crippen MR) is 94.2 cm³/mol. The van der Waals surface area contributed by atoms with Crippen LogP contribution in [0.5, 0.6) is 0 Å². The van der Waals surface area contributed by atoms with Crippen LogP contribution in [0.1, 0.15) is 48.9 Å². The molecule has 2 aromatic carbocycles. The smallest absolute Gasteiger partial charge is 0.0236 e. The minimum atomic E-state index is 0.264. The molecule has 0 bridgehead atoms. The number of nitrogens with zero attached hydrogens (tertiary/aromatic N) is 1. The van der Waals surface area contributed by atoms with Crippen molar-refractivity contribution >= 4 is 0 Å². The van der Waals surface area contributed by atoms with Gasteiger partial charge in [0.05, 0.1) is 0 Å². The molecule has 0 heterocycles. The molecule has 0 radical (unpaired) electrons. The second-order valence-corrected chi connectivity index (χ2v) is 7.12. The lowest BCUT2D eigenvalue weighted by Crippen LogP contribution is -2.27. The normalized spacial score (nSPS) is 16.3. The Hall–Kier alpha value is -1.60. The number of hydrogen-bond donors (Lipinski definition) is 0. The molecule has 0 N–H and O–H groups in total. The second-order valence-electron chi connectivity index (χ2n) is 7.12. The number of rotatable bonds is 5. The van der Waals surface area contributed by atoms with E-state index < -0.39 is 0 Å². The Labute approximate surface area is 135 Å². The van der Waals surface area contributed by atoms with Gasteiger partial charge in [-0.15, -0.1) is 0 Å². The van der Waals surface area contributed by atoms with Gasteiger partial charge in [0.15, 0.2) is 0 Å². The largest absolute Gasteiger partial charge is 0.300 e. The number of benzene rings is 2. The maximum absolute atomic E-state index is 2.43. The number of aryl methyl sites for hydroxylation is 1. The summed E-state index contributed by atoms with van der Waals surface area (Å²) in [6, 6.07) is 18.6. The fourth-order valence-electron chi connectivity index (χ4n) is 3.32. The molecule has 1 heteroatoms. The molecule has 0 aromatic heterocycles. The van der Waals surface area contributed by atoms with E-state index in [1.54, 1.807) is 5.56 Å². The minimum Gasteiger partial charge on any atom is -0.300 e. The van der Waals surface area contributed by atoms with Crippen molar-refractivity contribution in [2.24, 2.45) is 0 Å². The lowest BCUT2D eigenvalue weighted by Gasteiger charge is -2.26. The van der Waals surface area contributed by atoms with E-state index in [4.69, 9.17) is 0 Å². The summed E-state index contributed by atoms with van der Waals surface area (Å²) in [6.45, 7) is 7.76. The first kappa shape index (κ1) is 15.3. The minimum absolute atomic E-state index is 0.264. The van der Waals surface area contributed by atoms with Gasteiger partial charge in [-0.2, -0.15) is 0 Å². The van der Waals surface area contributed by atoms with Gasteiger partial charge in [-0.1, -0.05) is 54.1 Å². The van der Waals surface area contributed by atoms with Gasteiger partial charge in [-0.3, -0.25) is 4.90 Å². The zero-order valence-electron chi connectivity index (χ0n) is 14.3. The van der Waals surface area contributed by atoms with Gasteiger partial charge in [0.1, 0.15) is 0 Å². The Morgan fingerprint density at radius 3 is 2.32 bits per heavy atom. The first-order valence-electron chi connectivity index (χ1n) is 8.39. The van der Waals surface area contributed by atoms with Gasteiger partial charge in [0, 0.05) is 18.0 Å². The van der Waals surface area contributed by atoms with Crippen LogP contribution < -0.4 is 0 Å². The monoisotopic (exact) mass is 293 g/mol. The van der Waals surface area contributed by atoms with E-state index in [0.29, 0.717) is 6.04 Å². The standard InChI is InChI=1S/C21H27N/c1-16(2)22(4)15-18-11-10-17(3)14-20(18)21(12-13-21)19-8-6-5-7-9-19/h5-11,14,16H,12-13,15H2,1-4H3. The van der Waals surface area contributed by atoms with E-state index in [9.17, 15) is 0 Å². The van der Waals surface area contributed by atoms with Crippen LogP contribution in [-0.4, -0.2) is 18.0 Å². The van der Waals surface area contributed by atoms with E-state index in [1.165, 1.54) is 29.5 Å². The van der Waals surface area contributed by atoms with Crippen molar-refractivity contribution in [2.45, 2.75) is 51.6 Å². The Morgan fingerprint density at radius 2 is 1.73 bits per heavy atom. The van der Waals surface area contributed by atoms with E-state index in [-0.39, 0.29) is 5.41 Å². The first-order valence-corrected chi connectivity index (χ1v) is 8.39. The highest BCUT2D eigenvalue weighted by atomic mass is 15.1. The van der Waals surface area contributed by atoms with Crippen molar-refractivity contribution in [3.8, 4) is 0 Å². The lowest BCUT2D eigenvalue weighted by atomic mass is 9.84. The third kappa shape index (κ3) is 2.83. The molecular weight excluding hydrogens is 266 g/mol. The average molecular weight is 293 g/mol. The Morgan fingerprint density at radius 1 is 1.05 bits per heavy atom. The summed E-state index contributed by atoms with van der Waals surface area (Å²) in [7, 11) is 2.22. The van der Waals surface area contributed by atoms with E-state index in [0.717, 1.165) is 6.54 Å². The zero-order valence-corrected chi connectivity index (χ0v) is 14.3. The summed E-state index contributed by atoms with van der Waals surface area (Å²) >= 11 is 0. The highest BCUT2D eigenvalue weighted by molar-refractivity contribution is 5.49. The van der Waals surface area contributed by atoms with Crippen molar-refractivity contribution in [1.29, 1.82) is 0 Å². The molecule has 0 aliphatic heterocycles. The highest BCUT2D eigenvalue weighted by Crippen LogP contribution is 2.54. The molecule has 1 nitrogen and oxygen atoms in total. The van der Waals surface area contributed by atoms with Gasteiger partial charge in [0.2, 0.25) is 0 Å². The molecule has 0 amide bonds. The van der Waals surface area contributed by atoms with Gasteiger partial charge in [0.25, 0.3) is 0 Å². The third-order valence-electron chi connectivity index (χ3n) is 5.16. The van der Waals surface area contributed by atoms with Crippen LogP contribution in [0, 0.1) is 6.92 Å². The van der Waals surface area contributed by atoms with Crippen LogP contribution in [0.25, 0.3) is 0 Å². The molecule has 1 aliphatic rings. The summed E-state index contributed by atoms with van der Waals surface area (Å²) in [6.07, 6.45) is 2.55. The van der Waals surface area contributed by atoms with Crippen LogP contribution in [0.15, 0.2) is 48.5 Å². The van der Waals surface area contributed by atoms with Crippen molar-refractivity contribution < 1.29 is 0 Å². The SMILES string of the molecule is Cc1ccc(CN(C)C(C)C)c(C2(c3ccccc3)CC2)c1. The predicted octanol–water partition coefficient (Wildman–Crippen LogP) is 4.92. The summed E-state index contributed by atoms with van der Waals surface area (Å²) in [5.41, 5.74) is 6.15. The molecule has 22 heavy (non-hydrogen) atoms. The van der Waals surface area contributed by atoms with E-state index in [2.05, 4.69) is 81.2 Å². The molecule has 0 spiro atoms. The van der Waals surface area contributed by atoms with Crippen LogP contribution in [0.2, 0.25) is 0 Å². The summed E-state index contributed by atoms with van der Waals surface area (Å²) in [5, 5.41) is 0. The Kier molecular flexibility index (Phi) is 4.10. The molecule has 1 aliphatic carbocycles. The van der Waals surface area contributed by atoms with E-state index in [1.807, 2.05) is 0 Å². The van der Waals surface area contributed by atoms with Crippen molar-refractivity contribution in [3.05, 3.63) is 70.8 Å². The number of hydrogen-bond acceptors (Lipinski definition) is 1. The molecule has 0 saturated heterocycles. The molecule has 0 unspecified atom stereocenters. The van der Waals surface area contributed by atoms with Gasteiger partial charge < -0.3 is 0 Å². The van der Waals surface area contributed by atoms with E-state index >= 15 is 0 Å². The van der Waals surface area contributed by atoms with Crippen LogP contribution in [0.3, 0.4) is 0 Å². The van der Waals surface area contributed by atoms with Crippen molar-refractivity contribution in [2.75, 3.05) is 7.05 Å². The van der Waals surface area contributed by atoms with Gasteiger partial charge in [-0.25, -0.2) is 0 Å². The Bertz CT molecular complexity index is 638. The topological polar surface area (TPSA) is 3.24 Å². The lowest BCUT2D eigenvalue weighted by molar-refractivity contribution is 0.264. The second kappa shape index (κ2) is 5.89. The maximum atomic E-state index is 2.43. The molecule has 116 valence electrons. The Balaban J connectivity index is 2.01.